The molecule has 0 bridgehead atoms. The van der Waals surface area contributed by atoms with Gasteiger partial charge in [0.15, 0.2) is 0 Å². The lowest BCUT2D eigenvalue weighted by atomic mass is 10.1. The van der Waals surface area contributed by atoms with Crippen LogP contribution in [0.5, 0.6) is 0 Å². The maximum atomic E-state index is 12.6. The van der Waals surface area contributed by atoms with Gasteiger partial charge in [0, 0.05) is 6.08 Å². The maximum absolute atomic E-state index is 12.6. The van der Waals surface area contributed by atoms with Gasteiger partial charge in [-0.05, 0) is 38.3 Å². The van der Waals surface area contributed by atoms with Crippen LogP contribution in [0.15, 0.2) is 30.3 Å². The molecule has 0 atom stereocenters. The molecule has 1 aromatic carbocycles. The van der Waals surface area contributed by atoms with Gasteiger partial charge in [-0.3, -0.25) is 9.59 Å². The first-order valence-corrected chi connectivity index (χ1v) is 8.50. The molecule has 7 heteroatoms. The summed E-state index contributed by atoms with van der Waals surface area (Å²) in [6.07, 6.45) is 2.85. The number of benzene rings is 1. The first-order chi connectivity index (χ1) is 10.5. The molecule has 2 rings (SSSR count). The number of nitrogens with zero attached hydrogens (tertiary/aromatic N) is 1. The Hall–Kier alpha value is -2.15. The number of carbonyl (C=O) groups excluding carboxylic acids is 2. The SMILES string of the molecule is CC(C)(C)N1C(=O)C=C(c2ccc(C[CH]C(N)=O)cc2)S1(=O)=O. The van der Waals surface area contributed by atoms with E-state index in [2.05, 4.69) is 0 Å². The lowest BCUT2D eigenvalue weighted by Gasteiger charge is -2.30. The second kappa shape index (κ2) is 5.81. The van der Waals surface area contributed by atoms with E-state index in [1.54, 1.807) is 45.0 Å². The van der Waals surface area contributed by atoms with Crippen LogP contribution < -0.4 is 5.73 Å². The molecule has 1 aliphatic rings. The molecule has 23 heavy (non-hydrogen) atoms. The molecule has 0 saturated carbocycles. The van der Waals surface area contributed by atoms with Gasteiger partial charge in [0.2, 0.25) is 5.91 Å². The Morgan fingerprint density at radius 3 is 2.22 bits per heavy atom. The van der Waals surface area contributed by atoms with Crippen LogP contribution in [0.3, 0.4) is 0 Å². The van der Waals surface area contributed by atoms with E-state index in [0.29, 0.717) is 12.0 Å². The standard InChI is InChI=1S/C16H19N2O4S/c1-16(2,3)18-15(20)10-13(23(18,21)22)12-7-4-11(5-8-12)6-9-14(17)19/h4-5,7-10H,6H2,1-3H3,(H2,17,19). The Bertz CT molecular complexity index is 771. The minimum atomic E-state index is -3.86. The van der Waals surface area contributed by atoms with Crippen molar-refractivity contribution in [3.05, 3.63) is 47.9 Å². The number of carbonyl (C=O) groups is 2. The highest BCUT2D eigenvalue weighted by Gasteiger charge is 2.44. The number of amides is 2. The van der Waals surface area contributed by atoms with Crippen LogP contribution in [0.1, 0.15) is 31.9 Å². The predicted molar refractivity (Wildman–Crippen MR) is 87.1 cm³/mol. The zero-order valence-corrected chi connectivity index (χ0v) is 14.1. The third kappa shape index (κ3) is 3.44. The van der Waals surface area contributed by atoms with Crippen molar-refractivity contribution in [2.24, 2.45) is 5.73 Å². The lowest BCUT2D eigenvalue weighted by Crippen LogP contribution is -2.45. The Morgan fingerprint density at radius 1 is 1.22 bits per heavy atom. The van der Waals surface area contributed by atoms with E-state index in [-0.39, 0.29) is 4.91 Å². The molecular weight excluding hydrogens is 316 g/mol. The van der Waals surface area contributed by atoms with Crippen molar-refractivity contribution in [3.63, 3.8) is 0 Å². The van der Waals surface area contributed by atoms with Crippen molar-refractivity contribution in [2.75, 3.05) is 0 Å². The summed E-state index contributed by atoms with van der Waals surface area (Å²) in [6.45, 7) is 5.01. The maximum Gasteiger partial charge on any atom is 0.268 e. The first kappa shape index (κ1) is 17.2. The number of hydrogen-bond donors (Lipinski definition) is 1. The molecule has 1 aromatic rings. The van der Waals surface area contributed by atoms with Gasteiger partial charge in [-0.1, -0.05) is 24.3 Å². The second-order valence-electron chi connectivity index (χ2n) is 6.29. The minimum Gasteiger partial charge on any atom is -0.369 e. The first-order valence-electron chi connectivity index (χ1n) is 7.06. The monoisotopic (exact) mass is 335 g/mol. The average Bonchev–Trinajstić information content (AvgIpc) is 2.66. The number of nitrogens with two attached hydrogens (primary N) is 1. The van der Waals surface area contributed by atoms with Crippen LogP contribution in [0.4, 0.5) is 0 Å². The van der Waals surface area contributed by atoms with E-state index >= 15 is 0 Å². The molecule has 0 fully saturated rings. The smallest absolute Gasteiger partial charge is 0.268 e. The average molecular weight is 335 g/mol. The summed E-state index contributed by atoms with van der Waals surface area (Å²) >= 11 is 0. The van der Waals surface area contributed by atoms with E-state index in [0.717, 1.165) is 15.9 Å². The van der Waals surface area contributed by atoms with Gasteiger partial charge >= 0.3 is 0 Å². The molecule has 2 N–H and O–H groups in total. The highest BCUT2D eigenvalue weighted by atomic mass is 32.2. The van der Waals surface area contributed by atoms with Gasteiger partial charge in [0.05, 0.1) is 12.0 Å². The highest BCUT2D eigenvalue weighted by molar-refractivity contribution is 7.99. The zero-order valence-electron chi connectivity index (χ0n) is 13.2. The van der Waals surface area contributed by atoms with Gasteiger partial charge in [-0.2, -0.15) is 0 Å². The van der Waals surface area contributed by atoms with E-state index < -0.39 is 27.4 Å². The molecule has 0 aliphatic carbocycles. The fraction of sp³-hybridized carbons (Fsp3) is 0.312. The molecule has 0 aromatic heterocycles. The molecule has 0 unspecified atom stereocenters. The number of primary amides is 1. The number of rotatable bonds is 4. The fourth-order valence-corrected chi connectivity index (χ4v) is 4.30. The summed E-state index contributed by atoms with van der Waals surface area (Å²) < 4.78 is 26.1. The summed E-state index contributed by atoms with van der Waals surface area (Å²) in [5, 5.41) is 0. The van der Waals surface area contributed by atoms with E-state index in [1.807, 2.05) is 0 Å². The van der Waals surface area contributed by atoms with Crippen LogP contribution in [-0.4, -0.2) is 30.1 Å². The predicted octanol–water partition coefficient (Wildman–Crippen LogP) is 1.23. The van der Waals surface area contributed by atoms with Gasteiger partial charge < -0.3 is 5.73 Å². The summed E-state index contributed by atoms with van der Waals surface area (Å²) in [5.41, 5.74) is 5.48. The largest absolute Gasteiger partial charge is 0.369 e. The van der Waals surface area contributed by atoms with Crippen LogP contribution >= 0.6 is 0 Å². The fourth-order valence-electron chi connectivity index (χ4n) is 2.41. The van der Waals surface area contributed by atoms with Crippen molar-refractivity contribution in [3.8, 4) is 0 Å². The summed E-state index contributed by atoms with van der Waals surface area (Å²) in [6, 6.07) is 6.64. The normalized spacial score (nSPS) is 17.3. The Balaban J connectivity index is 2.31. The van der Waals surface area contributed by atoms with Gasteiger partial charge in [-0.15, -0.1) is 0 Å². The molecule has 1 heterocycles. The Labute approximate surface area is 136 Å². The molecule has 123 valence electrons. The van der Waals surface area contributed by atoms with E-state index in [9.17, 15) is 18.0 Å². The van der Waals surface area contributed by atoms with E-state index in [4.69, 9.17) is 5.73 Å². The van der Waals surface area contributed by atoms with Crippen molar-refractivity contribution >= 4 is 26.7 Å². The molecule has 1 aliphatic heterocycles. The van der Waals surface area contributed by atoms with Crippen LogP contribution in [-0.2, 0) is 26.0 Å². The Kier molecular flexibility index (Phi) is 4.34. The summed E-state index contributed by atoms with van der Waals surface area (Å²) in [7, 11) is -3.86. The van der Waals surface area contributed by atoms with Gasteiger partial charge in [-0.25, -0.2) is 12.7 Å². The minimum absolute atomic E-state index is 0.0112. The molecule has 2 amide bonds. The molecule has 0 saturated heterocycles. The van der Waals surface area contributed by atoms with Crippen LogP contribution in [0, 0.1) is 6.42 Å². The lowest BCUT2D eigenvalue weighted by molar-refractivity contribution is -0.124. The third-order valence-corrected chi connectivity index (χ3v) is 5.48. The zero-order chi connectivity index (χ0) is 17.4. The number of sulfonamides is 1. The van der Waals surface area contributed by atoms with E-state index in [1.165, 1.54) is 6.42 Å². The second-order valence-corrected chi connectivity index (χ2v) is 8.05. The summed E-state index contributed by atoms with van der Waals surface area (Å²) in [5.74, 6) is -1.06. The molecule has 1 radical (unpaired) electrons. The molecular formula is C16H19N2O4S. The van der Waals surface area contributed by atoms with Crippen LogP contribution in [0.25, 0.3) is 4.91 Å². The van der Waals surface area contributed by atoms with Crippen LogP contribution in [0.2, 0.25) is 0 Å². The third-order valence-electron chi connectivity index (χ3n) is 3.36. The van der Waals surface area contributed by atoms with Crippen molar-refractivity contribution in [1.29, 1.82) is 0 Å². The quantitative estimate of drug-likeness (QED) is 0.895. The topological polar surface area (TPSA) is 97.5 Å². The Morgan fingerprint density at radius 2 is 1.78 bits per heavy atom. The van der Waals surface area contributed by atoms with Crippen molar-refractivity contribution in [2.45, 2.75) is 32.7 Å². The molecule has 6 nitrogen and oxygen atoms in total. The van der Waals surface area contributed by atoms with Crippen molar-refractivity contribution < 1.29 is 18.0 Å². The van der Waals surface area contributed by atoms with Gasteiger partial charge in [0.25, 0.3) is 15.9 Å². The number of hydrogen-bond acceptors (Lipinski definition) is 4. The van der Waals surface area contributed by atoms with Gasteiger partial charge in [0.1, 0.15) is 4.91 Å². The van der Waals surface area contributed by atoms with Crippen molar-refractivity contribution in [1.82, 2.24) is 4.31 Å². The highest BCUT2D eigenvalue weighted by Crippen LogP contribution is 2.35. The molecule has 0 spiro atoms. The summed E-state index contributed by atoms with van der Waals surface area (Å²) in [4.78, 5) is 22.8.